The minimum absolute atomic E-state index is 0.251. The van der Waals surface area contributed by atoms with Crippen LogP contribution in [-0.4, -0.2) is 11.6 Å². The lowest BCUT2D eigenvalue weighted by atomic mass is 10.2. The molecule has 0 atom stereocenters. The van der Waals surface area contributed by atoms with Gasteiger partial charge in [0.15, 0.2) is 0 Å². The van der Waals surface area contributed by atoms with Gasteiger partial charge in [0, 0.05) is 6.08 Å². The van der Waals surface area contributed by atoms with E-state index in [9.17, 15) is 4.79 Å². The van der Waals surface area contributed by atoms with Crippen molar-refractivity contribution in [2.75, 3.05) is 0 Å². The number of unbranched alkanes of at least 4 members (excludes halogenated alkanes) is 3. The van der Waals surface area contributed by atoms with Gasteiger partial charge < -0.3 is 4.74 Å². The first-order chi connectivity index (χ1) is 7.95. The number of allylic oxidation sites excluding steroid dienone is 3. The van der Waals surface area contributed by atoms with Crippen molar-refractivity contribution in [2.24, 2.45) is 0 Å². The van der Waals surface area contributed by atoms with E-state index in [1.54, 1.807) is 0 Å². The summed E-state index contributed by atoms with van der Waals surface area (Å²) >= 11 is 0. The molecule has 2 heteroatoms. The fraction of sp³-hybridized carbons (Fsp3) is 0.667. The van der Waals surface area contributed by atoms with Gasteiger partial charge in [-0.15, -0.1) is 0 Å². The molecule has 0 fully saturated rings. The van der Waals surface area contributed by atoms with Gasteiger partial charge in [0.2, 0.25) is 0 Å². The minimum atomic E-state index is -0.398. The normalized spacial score (nSPS) is 12.5. The highest BCUT2D eigenvalue weighted by molar-refractivity contribution is 5.82. The molecule has 0 aliphatic heterocycles. The van der Waals surface area contributed by atoms with Gasteiger partial charge in [-0.25, -0.2) is 4.79 Å². The molecule has 0 aromatic rings. The maximum absolute atomic E-state index is 11.3. The quantitative estimate of drug-likeness (QED) is 0.284. The van der Waals surface area contributed by atoms with Crippen LogP contribution in [0.4, 0.5) is 0 Å². The standard InChI is InChI=1S/C15H26O2/c1-5-6-7-8-9-10-11-12-13-14(16)17-15(2,3)4/h7-8,12-13H,5-6,9-11H2,1-4H3. The lowest BCUT2D eigenvalue weighted by molar-refractivity contribution is -0.148. The number of carbonyl (C=O) groups excluding carboxylic acids is 1. The summed E-state index contributed by atoms with van der Waals surface area (Å²) in [4.78, 5) is 11.3. The van der Waals surface area contributed by atoms with Crippen molar-refractivity contribution in [1.82, 2.24) is 0 Å². The molecule has 0 aliphatic rings. The van der Waals surface area contributed by atoms with E-state index < -0.39 is 5.60 Å². The number of rotatable bonds is 7. The molecule has 98 valence electrons. The van der Waals surface area contributed by atoms with Crippen LogP contribution in [0.1, 0.15) is 59.8 Å². The lowest BCUT2D eigenvalue weighted by Gasteiger charge is -2.17. The molecule has 0 amide bonds. The predicted molar refractivity (Wildman–Crippen MR) is 72.9 cm³/mol. The van der Waals surface area contributed by atoms with E-state index in [1.807, 2.05) is 26.8 Å². The van der Waals surface area contributed by atoms with Gasteiger partial charge in [0.05, 0.1) is 0 Å². The van der Waals surface area contributed by atoms with Gasteiger partial charge in [0.25, 0.3) is 0 Å². The molecule has 0 saturated carbocycles. The van der Waals surface area contributed by atoms with Crippen molar-refractivity contribution < 1.29 is 9.53 Å². The van der Waals surface area contributed by atoms with Crippen LogP contribution in [0.2, 0.25) is 0 Å². The molecule has 0 radical (unpaired) electrons. The molecule has 0 N–H and O–H groups in total. The number of carbonyl (C=O) groups is 1. The zero-order chi connectivity index (χ0) is 13.1. The minimum Gasteiger partial charge on any atom is -0.457 e. The van der Waals surface area contributed by atoms with Crippen molar-refractivity contribution in [3.63, 3.8) is 0 Å². The monoisotopic (exact) mass is 238 g/mol. The smallest absolute Gasteiger partial charge is 0.330 e. The van der Waals surface area contributed by atoms with Gasteiger partial charge in [-0.1, -0.05) is 31.6 Å². The van der Waals surface area contributed by atoms with Gasteiger partial charge >= 0.3 is 5.97 Å². The summed E-state index contributed by atoms with van der Waals surface area (Å²) in [5.41, 5.74) is -0.398. The summed E-state index contributed by atoms with van der Waals surface area (Å²) in [6.07, 6.45) is 13.3. The number of hydrogen-bond donors (Lipinski definition) is 0. The van der Waals surface area contributed by atoms with E-state index in [-0.39, 0.29) is 5.97 Å². The SMILES string of the molecule is CCCC=CCCCC=CC(=O)OC(C)(C)C. The Labute approximate surface area is 106 Å². The second-order valence-corrected chi connectivity index (χ2v) is 5.13. The molecule has 0 spiro atoms. The first-order valence-electron chi connectivity index (χ1n) is 6.50. The van der Waals surface area contributed by atoms with Crippen LogP contribution in [0.5, 0.6) is 0 Å². The topological polar surface area (TPSA) is 26.3 Å². The Morgan fingerprint density at radius 3 is 2.24 bits per heavy atom. The zero-order valence-electron chi connectivity index (χ0n) is 11.7. The third-order valence-corrected chi connectivity index (χ3v) is 2.02. The van der Waals surface area contributed by atoms with Gasteiger partial charge in [-0.3, -0.25) is 0 Å². The van der Waals surface area contributed by atoms with E-state index in [0.717, 1.165) is 25.7 Å². The van der Waals surface area contributed by atoms with Crippen molar-refractivity contribution >= 4 is 5.97 Å². The highest BCUT2D eigenvalue weighted by Gasteiger charge is 2.13. The summed E-state index contributed by atoms with van der Waals surface area (Å²) in [6.45, 7) is 7.79. The average molecular weight is 238 g/mol. The van der Waals surface area contributed by atoms with Crippen LogP contribution in [0, 0.1) is 0 Å². The highest BCUT2D eigenvalue weighted by atomic mass is 16.6. The van der Waals surface area contributed by atoms with E-state index in [2.05, 4.69) is 19.1 Å². The largest absolute Gasteiger partial charge is 0.457 e. The number of esters is 1. The molecular formula is C15H26O2. The Morgan fingerprint density at radius 2 is 1.65 bits per heavy atom. The van der Waals surface area contributed by atoms with Crippen LogP contribution in [0.15, 0.2) is 24.3 Å². The second-order valence-electron chi connectivity index (χ2n) is 5.13. The fourth-order valence-electron chi connectivity index (χ4n) is 1.27. The lowest BCUT2D eigenvalue weighted by Crippen LogP contribution is -2.22. The molecule has 0 aromatic carbocycles. The fourth-order valence-corrected chi connectivity index (χ4v) is 1.27. The molecule has 2 nitrogen and oxygen atoms in total. The van der Waals surface area contributed by atoms with Crippen LogP contribution in [0.3, 0.4) is 0 Å². The van der Waals surface area contributed by atoms with Crippen molar-refractivity contribution in [3.8, 4) is 0 Å². The average Bonchev–Trinajstić information content (AvgIpc) is 2.19. The highest BCUT2D eigenvalue weighted by Crippen LogP contribution is 2.07. The molecule has 0 unspecified atom stereocenters. The Kier molecular flexibility index (Phi) is 8.47. The summed E-state index contributed by atoms with van der Waals surface area (Å²) in [5.74, 6) is -0.251. The molecule has 0 rings (SSSR count). The van der Waals surface area contributed by atoms with Gasteiger partial charge in [-0.2, -0.15) is 0 Å². The van der Waals surface area contributed by atoms with E-state index >= 15 is 0 Å². The zero-order valence-corrected chi connectivity index (χ0v) is 11.7. The predicted octanol–water partition coefficient (Wildman–Crippen LogP) is 4.41. The Balaban J connectivity index is 3.57. The molecule has 0 bridgehead atoms. The molecule has 0 heterocycles. The maximum Gasteiger partial charge on any atom is 0.330 e. The van der Waals surface area contributed by atoms with Crippen LogP contribution in [-0.2, 0) is 9.53 Å². The van der Waals surface area contributed by atoms with Crippen LogP contribution in [0.25, 0.3) is 0 Å². The molecule has 0 aliphatic carbocycles. The Hall–Kier alpha value is -1.05. The second kappa shape index (κ2) is 9.03. The van der Waals surface area contributed by atoms with Crippen molar-refractivity contribution in [2.45, 2.75) is 65.4 Å². The maximum atomic E-state index is 11.3. The van der Waals surface area contributed by atoms with Crippen LogP contribution >= 0.6 is 0 Å². The third-order valence-electron chi connectivity index (χ3n) is 2.02. The Bertz CT molecular complexity index is 257. The van der Waals surface area contributed by atoms with Crippen LogP contribution < -0.4 is 0 Å². The van der Waals surface area contributed by atoms with Crippen molar-refractivity contribution in [1.29, 1.82) is 0 Å². The third kappa shape index (κ3) is 12.9. The molecular weight excluding hydrogens is 212 g/mol. The molecule has 17 heavy (non-hydrogen) atoms. The first kappa shape index (κ1) is 16.0. The van der Waals surface area contributed by atoms with Crippen molar-refractivity contribution in [3.05, 3.63) is 24.3 Å². The van der Waals surface area contributed by atoms with E-state index in [4.69, 9.17) is 4.74 Å². The number of hydrogen-bond acceptors (Lipinski definition) is 2. The van der Waals surface area contributed by atoms with Gasteiger partial charge in [-0.05, 0) is 46.5 Å². The summed E-state index contributed by atoms with van der Waals surface area (Å²) in [6, 6.07) is 0. The van der Waals surface area contributed by atoms with Gasteiger partial charge in [0.1, 0.15) is 5.60 Å². The van der Waals surface area contributed by atoms with E-state index in [1.165, 1.54) is 12.5 Å². The number of ether oxygens (including phenoxy) is 1. The molecule has 0 saturated heterocycles. The Morgan fingerprint density at radius 1 is 1.06 bits per heavy atom. The first-order valence-corrected chi connectivity index (χ1v) is 6.50. The summed E-state index contributed by atoms with van der Waals surface area (Å²) in [7, 11) is 0. The summed E-state index contributed by atoms with van der Waals surface area (Å²) in [5, 5.41) is 0. The summed E-state index contributed by atoms with van der Waals surface area (Å²) < 4.78 is 5.16. The molecule has 0 aromatic heterocycles. The van der Waals surface area contributed by atoms with E-state index in [0.29, 0.717) is 0 Å².